The van der Waals surface area contributed by atoms with Gasteiger partial charge in [0.05, 0.1) is 0 Å². The Morgan fingerprint density at radius 3 is 0.824 bits per heavy atom. The number of unbranched alkanes of at least 4 members (excludes halogenated alkanes) is 22. The summed E-state index contributed by atoms with van der Waals surface area (Å²) in [5.41, 5.74) is 0. The summed E-state index contributed by atoms with van der Waals surface area (Å²) in [6.45, 7) is 4.51. The number of esters is 2. The molecule has 0 saturated heterocycles. The fourth-order valence-electron chi connectivity index (χ4n) is 4.45. The number of rotatable bonds is 26. The van der Waals surface area contributed by atoms with E-state index in [1.54, 1.807) is 0 Å². The zero-order valence-corrected chi connectivity index (χ0v) is 22.6. The molecule has 0 fully saturated rings. The Bertz CT molecular complexity index is 425. The second-order valence-electron chi connectivity index (χ2n) is 10.1. The molecule has 198 valence electrons. The van der Waals surface area contributed by atoms with Crippen LogP contribution >= 0.6 is 0 Å². The van der Waals surface area contributed by atoms with Crippen LogP contribution in [-0.4, -0.2) is 41.5 Å². The van der Waals surface area contributed by atoms with Crippen molar-refractivity contribution in [1.29, 1.82) is 0 Å². The van der Waals surface area contributed by atoms with Gasteiger partial charge in [0.25, 0.3) is 0 Å². The molecular weight excluding hydrogens is 431 g/mol. The van der Waals surface area contributed by atoms with E-state index in [1.807, 2.05) is 0 Å². The van der Waals surface area contributed by atoms with Crippen molar-refractivity contribution in [2.45, 2.75) is 181 Å². The van der Waals surface area contributed by atoms with Crippen LogP contribution in [0, 0.1) is 0 Å². The molecule has 0 N–H and O–H groups in total. The standard InChI is InChI=1S/C30H58O3.Na.H/c1-3-5-7-9-11-13-14-15-16-17-18-20-22-24-26-28-30(32)33-29(31)27-25-23-21-19-12-10-8-6-4-2;;/h3-28H2,1-2H3;;. The topological polar surface area (TPSA) is 43.4 Å². The Morgan fingerprint density at radius 2 is 0.588 bits per heavy atom. The monoisotopic (exact) mass is 490 g/mol. The molecule has 0 heterocycles. The minimum atomic E-state index is -0.330. The number of hydrogen-bond acceptors (Lipinski definition) is 3. The number of ether oxygens (including phenoxy) is 1. The van der Waals surface area contributed by atoms with Crippen molar-refractivity contribution in [3.8, 4) is 0 Å². The van der Waals surface area contributed by atoms with Gasteiger partial charge in [-0.25, -0.2) is 0 Å². The molecule has 34 heavy (non-hydrogen) atoms. The molecule has 0 spiro atoms. The van der Waals surface area contributed by atoms with Crippen LogP contribution in [0.15, 0.2) is 0 Å². The van der Waals surface area contributed by atoms with E-state index in [1.165, 1.54) is 128 Å². The van der Waals surface area contributed by atoms with Gasteiger partial charge in [0.2, 0.25) is 0 Å². The molecule has 0 atom stereocenters. The molecule has 0 aliphatic rings. The zero-order chi connectivity index (χ0) is 24.2. The van der Waals surface area contributed by atoms with Gasteiger partial charge in [-0.3, -0.25) is 9.59 Å². The molecule has 4 heteroatoms. The van der Waals surface area contributed by atoms with Crippen LogP contribution in [0.2, 0.25) is 0 Å². The van der Waals surface area contributed by atoms with Crippen molar-refractivity contribution in [2.75, 3.05) is 0 Å². The van der Waals surface area contributed by atoms with Gasteiger partial charge in [0.1, 0.15) is 0 Å². The van der Waals surface area contributed by atoms with Crippen LogP contribution in [0.5, 0.6) is 0 Å². The summed E-state index contributed by atoms with van der Waals surface area (Å²) >= 11 is 0. The van der Waals surface area contributed by atoms with Gasteiger partial charge in [-0.15, -0.1) is 0 Å². The first-order valence-electron chi connectivity index (χ1n) is 14.9. The molecule has 0 aromatic rings. The van der Waals surface area contributed by atoms with Gasteiger partial charge in [-0.2, -0.15) is 0 Å². The first-order valence-corrected chi connectivity index (χ1v) is 14.9. The van der Waals surface area contributed by atoms with E-state index in [0.717, 1.165) is 25.7 Å². The molecule has 0 aromatic heterocycles. The van der Waals surface area contributed by atoms with Crippen molar-refractivity contribution in [2.24, 2.45) is 0 Å². The molecule has 3 nitrogen and oxygen atoms in total. The van der Waals surface area contributed by atoms with Crippen LogP contribution in [0.4, 0.5) is 0 Å². The summed E-state index contributed by atoms with van der Waals surface area (Å²) < 4.78 is 4.96. The van der Waals surface area contributed by atoms with Gasteiger partial charge < -0.3 is 4.74 Å². The van der Waals surface area contributed by atoms with Gasteiger partial charge in [-0.1, -0.05) is 155 Å². The molecule has 0 aliphatic heterocycles. The first-order chi connectivity index (χ1) is 16.2. The van der Waals surface area contributed by atoms with E-state index < -0.39 is 0 Å². The minimum absolute atomic E-state index is 0. The van der Waals surface area contributed by atoms with Crippen LogP contribution < -0.4 is 0 Å². The van der Waals surface area contributed by atoms with Crippen molar-refractivity contribution >= 4 is 41.5 Å². The summed E-state index contributed by atoms with van der Waals surface area (Å²) in [6, 6.07) is 0. The molecule has 0 bridgehead atoms. The molecule has 0 amide bonds. The molecule has 0 saturated carbocycles. The van der Waals surface area contributed by atoms with E-state index in [2.05, 4.69) is 13.8 Å². The Kier molecular flexibility index (Phi) is 33.3. The SMILES string of the molecule is CCCCCCCCCCCCCCCCCC(=O)OC(=O)CCCCCCCCCCC.[NaH]. The van der Waals surface area contributed by atoms with Gasteiger partial charge in [0.15, 0.2) is 0 Å². The Hall–Kier alpha value is 0.140. The normalized spacial score (nSPS) is 10.8. The molecule has 0 aliphatic carbocycles. The summed E-state index contributed by atoms with van der Waals surface area (Å²) in [7, 11) is 0. The maximum absolute atomic E-state index is 11.8. The Labute approximate surface area is 235 Å². The van der Waals surface area contributed by atoms with Crippen molar-refractivity contribution in [1.82, 2.24) is 0 Å². The number of carbonyl (C=O) groups is 2. The summed E-state index contributed by atoms with van der Waals surface area (Å²) in [5.74, 6) is -0.658. The van der Waals surface area contributed by atoms with Crippen LogP contribution in [0.25, 0.3) is 0 Å². The summed E-state index contributed by atoms with van der Waals surface area (Å²) in [4.78, 5) is 23.6. The average molecular weight is 491 g/mol. The van der Waals surface area contributed by atoms with Crippen LogP contribution in [0.1, 0.15) is 181 Å². The van der Waals surface area contributed by atoms with Crippen molar-refractivity contribution < 1.29 is 14.3 Å². The average Bonchev–Trinajstić information content (AvgIpc) is 2.80. The number of carbonyl (C=O) groups excluding carboxylic acids is 2. The fourth-order valence-corrected chi connectivity index (χ4v) is 4.45. The molecule has 0 unspecified atom stereocenters. The third kappa shape index (κ3) is 30.2. The molecule has 0 radical (unpaired) electrons. The maximum atomic E-state index is 11.8. The van der Waals surface area contributed by atoms with Crippen LogP contribution in [0.3, 0.4) is 0 Å². The van der Waals surface area contributed by atoms with Crippen molar-refractivity contribution in [3.05, 3.63) is 0 Å². The third-order valence-corrected chi connectivity index (χ3v) is 6.70. The van der Waals surface area contributed by atoms with E-state index in [9.17, 15) is 9.59 Å². The number of hydrogen-bond donors (Lipinski definition) is 0. The Morgan fingerprint density at radius 1 is 0.382 bits per heavy atom. The van der Waals surface area contributed by atoms with Crippen LogP contribution in [-0.2, 0) is 14.3 Å². The zero-order valence-electron chi connectivity index (χ0n) is 22.6. The van der Waals surface area contributed by atoms with Gasteiger partial charge >= 0.3 is 41.5 Å². The second-order valence-corrected chi connectivity index (χ2v) is 10.1. The van der Waals surface area contributed by atoms with Crippen molar-refractivity contribution in [3.63, 3.8) is 0 Å². The van der Waals surface area contributed by atoms with E-state index in [0.29, 0.717) is 12.8 Å². The van der Waals surface area contributed by atoms with Gasteiger partial charge in [0, 0.05) is 12.8 Å². The molecule has 0 rings (SSSR count). The molecule has 0 aromatic carbocycles. The fraction of sp³-hybridized carbons (Fsp3) is 0.933. The third-order valence-electron chi connectivity index (χ3n) is 6.70. The predicted octanol–water partition coefficient (Wildman–Crippen LogP) is 9.59. The van der Waals surface area contributed by atoms with E-state index >= 15 is 0 Å². The van der Waals surface area contributed by atoms with Gasteiger partial charge in [-0.05, 0) is 12.8 Å². The second kappa shape index (κ2) is 31.2. The predicted molar refractivity (Wildman–Crippen MR) is 150 cm³/mol. The quantitative estimate of drug-likeness (QED) is 0.0524. The van der Waals surface area contributed by atoms with E-state index in [4.69, 9.17) is 4.74 Å². The molecular formula is C30H59NaO3. The summed E-state index contributed by atoms with van der Waals surface area (Å²) in [6.07, 6.45) is 31.4. The first kappa shape index (κ1) is 36.3. The van der Waals surface area contributed by atoms with E-state index in [-0.39, 0.29) is 41.5 Å². The summed E-state index contributed by atoms with van der Waals surface area (Å²) in [5, 5.41) is 0. The Balaban J connectivity index is 0.